The number of rotatable bonds is 4. The summed E-state index contributed by atoms with van der Waals surface area (Å²) in [6.45, 7) is 0.863. The van der Waals surface area contributed by atoms with Crippen LogP contribution in [-0.2, 0) is 16.2 Å². The van der Waals surface area contributed by atoms with Gasteiger partial charge in [0.05, 0.1) is 10.5 Å². The molecular formula is C12H14F4N2O2S. The molecule has 4 nitrogen and oxygen atoms in total. The van der Waals surface area contributed by atoms with Crippen molar-refractivity contribution in [1.82, 2.24) is 10.0 Å². The lowest BCUT2D eigenvalue weighted by Gasteiger charge is -2.13. The van der Waals surface area contributed by atoms with Crippen LogP contribution >= 0.6 is 0 Å². The smallest absolute Gasteiger partial charge is 0.313 e. The summed E-state index contributed by atoms with van der Waals surface area (Å²) in [6, 6.07) is 1.59. The topological polar surface area (TPSA) is 58.2 Å². The van der Waals surface area contributed by atoms with Crippen molar-refractivity contribution in [3.63, 3.8) is 0 Å². The number of hydrogen-bond donors (Lipinski definition) is 2. The Kier molecular flexibility index (Phi) is 4.54. The van der Waals surface area contributed by atoms with Crippen LogP contribution in [0.2, 0.25) is 0 Å². The first-order chi connectivity index (χ1) is 9.70. The lowest BCUT2D eigenvalue weighted by molar-refractivity contribution is -0.140. The van der Waals surface area contributed by atoms with Crippen molar-refractivity contribution < 1.29 is 26.0 Å². The van der Waals surface area contributed by atoms with Crippen LogP contribution in [0.3, 0.4) is 0 Å². The Morgan fingerprint density at radius 1 is 1.33 bits per heavy atom. The maximum atomic E-state index is 13.1. The minimum Gasteiger partial charge on any atom is -0.313 e. The van der Waals surface area contributed by atoms with Crippen LogP contribution in [-0.4, -0.2) is 27.5 Å². The first-order valence-corrected chi connectivity index (χ1v) is 7.78. The second-order valence-corrected chi connectivity index (χ2v) is 6.55. The second kappa shape index (κ2) is 5.90. The molecule has 1 aliphatic heterocycles. The van der Waals surface area contributed by atoms with Crippen LogP contribution in [0.25, 0.3) is 0 Å². The summed E-state index contributed by atoms with van der Waals surface area (Å²) in [5, 5.41) is 3.06. The minimum absolute atomic E-state index is 0.0395. The number of benzene rings is 1. The van der Waals surface area contributed by atoms with E-state index in [9.17, 15) is 26.0 Å². The molecule has 0 radical (unpaired) electrons. The molecule has 1 saturated heterocycles. The first kappa shape index (κ1) is 16.2. The zero-order valence-electron chi connectivity index (χ0n) is 10.9. The van der Waals surface area contributed by atoms with Crippen molar-refractivity contribution in [2.45, 2.75) is 30.0 Å². The number of halogens is 4. The van der Waals surface area contributed by atoms with Gasteiger partial charge in [-0.15, -0.1) is 0 Å². The Morgan fingerprint density at radius 2 is 2.05 bits per heavy atom. The summed E-state index contributed by atoms with van der Waals surface area (Å²) in [4.78, 5) is -0.603. The zero-order valence-corrected chi connectivity index (χ0v) is 11.7. The molecule has 0 bridgehead atoms. The fraction of sp³-hybridized carbons (Fsp3) is 0.500. The number of hydrogen-bond acceptors (Lipinski definition) is 3. The van der Waals surface area contributed by atoms with E-state index in [2.05, 4.69) is 10.0 Å². The molecule has 9 heteroatoms. The van der Waals surface area contributed by atoms with Crippen LogP contribution in [0.4, 0.5) is 17.6 Å². The van der Waals surface area contributed by atoms with E-state index in [0.717, 1.165) is 25.5 Å². The number of nitrogens with one attached hydrogen (secondary N) is 2. The van der Waals surface area contributed by atoms with Gasteiger partial charge in [0.15, 0.2) is 0 Å². The van der Waals surface area contributed by atoms with E-state index in [0.29, 0.717) is 12.1 Å². The van der Waals surface area contributed by atoms with Crippen molar-refractivity contribution >= 4 is 10.0 Å². The van der Waals surface area contributed by atoms with Gasteiger partial charge in [-0.05, 0) is 37.6 Å². The Labute approximate surface area is 119 Å². The van der Waals surface area contributed by atoms with Gasteiger partial charge in [-0.1, -0.05) is 0 Å². The molecular weight excluding hydrogens is 312 g/mol. The monoisotopic (exact) mass is 326 g/mol. The SMILES string of the molecule is O=S(=O)(NCC1CCCN1)c1ccc(F)c(C(F)(F)F)c1. The maximum absolute atomic E-state index is 13.1. The van der Waals surface area contributed by atoms with E-state index in [1.807, 2.05) is 0 Å². The molecule has 0 saturated carbocycles. The van der Waals surface area contributed by atoms with Crippen LogP contribution in [0.1, 0.15) is 18.4 Å². The second-order valence-electron chi connectivity index (χ2n) is 4.78. The van der Waals surface area contributed by atoms with E-state index >= 15 is 0 Å². The Bertz CT molecular complexity index is 610. The van der Waals surface area contributed by atoms with Crippen molar-refractivity contribution in [3.8, 4) is 0 Å². The van der Waals surface area contributed by atoms with E-state index in [4.69, 9.17) is 0 Å². The van der Waals surface area contributed by atoms with Gasteiger partial charge < -0.3 is 5.32 Å². The molecule has 1 aliphatic rings. The standard InChI is InChI=1S/C12H14F4N2O2S/c13-11-4-3-9(6-10(11)12(14,15)16)21(19,20)18-7-8-2-1-5-17-8/h3-4,6,8,17-18H,1-2,5,7H2. The predicted molar refractivity (Wildman–Crippen MR) is 67.6 cm³/mol. The lowest BCUT2D eigenvalue weighted by Crippen LogP contribution is -2.37. The number of alkyl halides is 3. The molecule has 21 heavy (non-hydrogen) atoms. The Hall–Kier alpha value is -1.19. The average Bonchev–Trinajstić information content (AvgIpc) is 2.88. The van der Waals surface area contributed by atoms with Gasteiger partial charge in [0.1, 0.15) is 5.82 Å². The molecule has 1 heterocycles. The van der Waals surface area contributed by atoms with Crippen LogP contribution in [0, 0.1) is 5.82 Å². The van der Waals surface area contributed by atoms with Gasteiger partial charge in [-0.3, -0.25) is 0 Å². The highest BCUT2D eigenvalue weighted by Gasteiger charge is 2.35. The van der Waals surface area contributed by atoms with Gasteiger partial charge >= 0.3 is 6.18 Å². The zero-order chi connectivity index (χ0) is 15.7. The lowest BCUT2D eigenvalue weighted by atomic mass is 10.2. The van der Waals surface area contributed by atoms with Crippen molar-refractivity contribution in [2.75, 3.05) is 13.1 Å². The normalized spacial score (nSPS) is 19.9. The largest absolute Gasteiger partial charge is 0.419 e. The third kappa shape index (κ3) is 3.92. The molecule has 118 valence electrons. The highest BCUT2D eigenvalue weighted by Crippen LogP contribution is 2.32. The van der Waals surface area contributed by atoms with Crippen LogP contribution < -0.4 is 10.0 Å². The molecule has 1 fully saturated rings. The van der Waals surface area contributed by atoms with Crippen LogP contribution in [0.5, 0.6) is 0 Å². The highest BCUT2D eigenvalue weighted by molar-refractivity contribution is 7.89. The van der Waals surface area contributed by atoms with Crippen LogP contribution in [0.15, 0.2) is 23.1 Å². The highest BCUT2D eigenvalue weighted by atomic mass is 32.2. The van der Waals surface area contributed by atoms with Crippen molar-refractivity contribution in [1.29, 1.82) is 0 Å². The molecule has 0 aliphatic carbocycles. The van der Waals surface area contributed by atoms with Gasteiger partial charge in [0, 0.05) is 12.6 Å². The molecule has 2 rings (SSSR count). The Morgan fingerprint density at radius 3 is 2.62 bits per heavy atom. The van der Waals surface area contributed by atoms with Gasteiger partial charge in [0.2, 0.25) is 10.0 Å². The summed E-state index contributed by atoms with van der Waals surface area (Å²) < 4.78 is 77.0. The summed E-state index contributed by atoms with van der Waals surface area (Å²) in [5.41, 5.74) is -1.59. The molecule has 1 atom stereocenters. The molecule has 1 unspecified atom stereocenters. The number of sulfonamides is 1. The molecule has 2 N–H and O–H groups in total. The third-order valence-corrected chi connectivity index (χ3v) is 4.66. The quantitative estimate of drug-likeness (QED) is 0.831. The van der Waals surface area contributed by atoms with Crippen molar-refractivity contribution in [2.24, 2.45) is 0 Å². The molecule has 0 aromatic heterocycles. The van der Waals surface area contributed by atoms with Gasteiger partial charge in [-0.2, -0.15) is 13.2 Å². The summed E-state index contributed by atoms with van der Waals surface area (Å²) in [5.74, 6) is -1.50. The molecule has 1 aromatic carbocycles. The van der Waals surface area contributed by atoms with E-state index < -0.39 is 32.5 Å². The predicted octanol–water partition coefficient (Wildman–Crippen LogP) is 1.87. The summed E-state index contributed by atoms with van der Waals surface area (Å²) >= 11 is 0. The van der Waals surface area contributed by atoms with Gasteiger partial charge in [0.25, 0.3) is 0 Å². The minimum atomic E-state index is -4.94. The van der Waals surface area contributed by atoms with Crippen molar-refractivity contribution in [3.05, 3.63) is 29.6 Å². The van der Waals surface area contributed by atoms with E-state index in [1.165, 1.54) is 0 Å². The fourth-order valence-corrected chi connectivity index (χ4v) is 3.22. The average molecular weight is 326 g/mol. The first-order valence-electron chi connectivity index (χ1n) is 6.30. The molecule has 1 aromatic rings. The molecule has 0 spiro atoms. The maximum Gasteiger partial charge on any atom is 0.419 e. The van der Waals surface area contributed by atoms with Gasteiger partial charge in [-0.25, -0.2) is 17.5 Å². The third-order valence-electron chi connectivity index (χ3n) is 3.24. The molecule has 0 amide bonds. The Balaban J connectivity index is 2.19. The van der Waals surface area contributed by atoms with E-state index in [1.54, 1.807) is 0 Å². The summed E-state index contributed by atoms with van der Waals surface area (Å²) in [6.07, 6.45) is -3.23. The van der Waals surface area contributed by atoms with E-state index in [-0.39, 0.29) is 12.6 Å². The fourth-order valence-electron chi connectivity index (χ4n) is 2.11. The summed E-state index contributed by atoms with van der Waals surface area (Å²) in [7, 11) is -4.10.